The highest BCUT2D eigenvalue weighted by molar-refractivity contribution is 4.80. The largest absolute Gasteiger partial charge is 0.392 e. The molecule has 0 spiro atoms. The maximum atomic E-state index is 9.00. The molecule has 0 aromatic heterocycles. The van der Waals surface area contributed by atoms with Crippen LogP contribution in [0.5, 0.6) is 0 Å². The molecule has 0 aliphatic carbocycles. The van der Waals surface area contributed by atoms with Gasteiger partial charge in [-0.3, -0.25) is 0 Å². The first kappa shape index (κ1) is 7.03. The molecular formula is C7H14NO. The predicted molar refractivity (Wildman–Crippen MR) is 37.0 cm³/mol. The van der Waals surface area contributed by atoms with Crippen LogP contribution in [0.25, 0.3) is 0 Å². The highest BCUT2D eigenvalue weighted by Crippen LogP contribution is 2.09. The molecule has 2 heteroatoms. The monoisotopic (exact) mass is 128 g/mol. The minimum atomic E-state index is -0.426. The summed E-state index contributed by atoms with van der Waals surface area (Å²) in [7, 11) is 0. The molecule has 2 atom stereocenters. The Bertz CT molecular complexity index is 77.0. The molecule has 0 bridgehead atoms. The molecule has 0 amide bonds. The minimum absolute atomic E-state index is 0.249. The number of nitrogens with one attached hydrogen (secondary N) is 1. The second kappa shape index (κ2) is 3.18. The topological polar surface area (TPSA) is 32.3 Å². The fourth-order valence-electron chi connectivity index (χ4n) is 1.21. The van der Waals surface area contributed by atoms with Gasteiger partial charge in [0, 0.05) is 6.04 Å². The van der Waals surface area contributed by atoms with Crippen LogP contribution in [0.2, 0.25) is 0 Å². The molecule has 0 aromatic carbocycles. The van der Waals surface area contributed by atoms with Crippen LogP contribution in [0.15, 0.2) is 0 Å². The van der Waals surface area contributed by atoms with E-state index in [1.54, 1.807) is 0 Å². The van der Waals surface area contributed by atoms with E-state index in [1.807, 2.05) is 0 Å². The summed E-state index contributed by atoms with van der Waals surface area (Å²) < 4.78 is 0. The molecule has 1 aliphatic rings. The summed E-state index contributed by atoms with van der Waals surface area (Å²) in [5.41, 5.74) is 0. The molecule has 53 valence electrons. The number of aliphatic hydroxyl groups excluding tert-OH is 1. The van der Waals surface area contributed by atoms with Gasteiger partial charge in [-0.15, -0.1) is 0 Å². The zero-order chi connectivity index (χ0) is 6.69. The highest BCUT2D eigenvalue weighted by Gasteiger charge is 2.16. The molecule has 2 unspecified atom stereocenters. The Hall–Kier alpha value is -0.0800. The summed E-state index contributed by atoms with van der Waals surface area (Å²) in [4.78, 5) is 0. The van der Waals surface area contributed by atoms with Gasteiger partial charge in [0.1, 0.15) is 0 Å². The van der Waals surface area contributed by atoms with Crippen LogP contribution in [0.1, 0.15) is 19.3 Å². The number of hydrogen-bond acceptors (Lipinski definition) is 2. The summed E-state index contributed by atoms with van der Waals surface area (Å²) in [5, 5.41) is 12.2. The van der Waals surface area contributed by atoms with Gasteiger partial charge in [0.15, 0.2) is 0 Å². The van der Waals surface area contributed by atoms with E-state index in [0.717, 1.165) is 13.0 Å². The molecule has 0 aromatic rings. The third-order valence-electron chi connectivity index (χ3n) is 1.81. The Morgan fingerprint density at radius 3 is 2.67 bits per heavy atom. The van der Waals surface area contributed by atoms with E-state index >= 15 is 0 Å². The van der Waals surface area contributed by atoms with E-state index in [-0.39, 0.29) is 6.04 Å². The SMILES string of the molecule is [CH2]C(O)C1CCCCN1. The van der Waals surface area contributed by atoms with Gasteiger partial charge in [0.2, 0.25) is 0 Å². The van der Waals surface area contributed by atoms with Crippen LogP contribution in [0.3, 0.4) is 0 Å². The van der Waals surface area contributed by atoms with Crippen LogP contribution in [-0.4, -0.2) is 23.8 Å². The Labute approximate surface area is 56.3 Å². The summed E-state index contributed by atoms with van der Waals surface area (Å²) in [6.45, 7) is 4.59. The van der Waals surface area contributed by atoms with Gasteiger partial charge in [0.25, 0.3) is 0 Å². The van der Waals surface area contributed by atoms with Gasteiger partial charge in [-0.2, -0.15) is 0 Å². The van der Waals surface area contributed by atoms with E-state index in [9.17, 15) is 0 Å². The van der Waals surface area contributed by atoms with Crippen molar-refractivity contribution in [1.29, 1.82) is 0 Å². The van der Waals surface area contributed by atoms with E-state index in [1.165, 1.54) is 12.8 Å². The molecule has 2 nitrogen and oxygen atoms in total. The van der Waals surface area contributed by atoms with Crippen molar-refractivity contribution in [2.45, 2.75) is 31.4 Å². The van der Waals surface area contributed by atoms with E-state index in [0.29, 0.717) is 0 Å². The first-order valence-corrected chi connectivity index (χ1v) is 3.55. The van der Waals surface area contributed by atoms with Gasteiger partial charge in [0.05, 0.1) is 6.10 Å². The third kappa shape index (κ3) is 1.95. The fraction of sp³-hybridized carbons (Fsp3) is 0.857. The van der Waals surface area contributed by atoms with Crippen molar-refractivity contribution in [3.63, 3.8) is 0 Å². The lowest BCUT2D eigenvalue weighted by Crippen LogP contribution is -2.41. The van der Waals surface area contributed by atoms with Crippen LogP contribution < -0.4 is 5.32 Å². The Kier molecular flexibility index (Phi) is 2.49. The highest BCUT2D eigenvalue weighted by atomic mass is 16.3. The van der Waals surface area contributed by atoms with Crippen molar-refractivity contribution < 1.29 is 5.11 Å². The Morgan fingerprint density at radius 2 is 2.33 bits per heavy atom. The van der Waals surface area contributed by atoms with E-state index in [2.05, 4.69) is 12.2 Å². The average Bonchev–Trinajstić information content (AvgIpc) is 1.90. The second-order valence-electron chi connectivity index (χ2n) is 2.62. The zero-order valence-corrected chi connectivity index (χ0v) is 5.64. The Balaban J connectivity index is 2.23. The first-order valence-electron chi connectivity index (χ1n) is 3.55. The molecule has 1 aliphatic heterocycles. The number of aliphatic hydroxyl groups is 1. The molecular weight excluding hydrogens is 114 g/mol. The van der Waals surface area contributed by atoms with Crippen molar-refractivity contribution in [2.75, 3.05) is 6.54 Å². The molecule has 9 heavy (non-hydrogen) atoms. The van der Waals surface area contributed by atoms with Crippen molar-refractivity contribution in [1.82, 2.24) is 5.32 Å². The van der Waals surface area contributed by atoms with Crippen molar-refractivity contribution in [3.05, 3.63) is 6.92 Å². The number of rotatable bonds is 1. The van der Waals surface area contributed by atoms with Gasteiger partial charge in [-0.25, -0.2) is 0 Å². The van der Waals surface area contributed by atoms with Crippen LogP contribution in [-0.2, 0) is 0 Å². The quantitative estimate of drug-likeness (QED) is 0.533. The zero-order valence-electron chi connectivity index (χ0n) is 5.64. The van der Waals surface area contributed by atoms with Gasteiger partial charge in [-0.1, -0.05) is 6.42 Å². The minimum Gasteiger partial charge on any atom is -0.392 e. The lowest BCUT2D eigenvalue weighted by molar-refractivity contribution is 0.152. The van der Waals surface area contributed by atoms with Crippen molar-refractivity contribution in [2.24, 2.45) is 0 Å². The van der Waals surface area contributed by atoms with Crippen LogP contribution >= 0.6 is 0 Å². The molecule has 1 heterocycles. The lowest BCUT2D eigenvalue weighted by atomic mass is 10.0. The summed E-state index contributed by atoms with van der Waals surface area (Å²) >= 11 is 0. The molecule has 1 saturated heterocycles. The number of hydrogen-bond donors (Lipinski definition) is 2. The molecule has 2 N–H and O–H groups in total. The summed E-state index contributed by atoms with van der Waals surface area (Å²) in [5.74, 6) is 0. The van der Waals surface area contributed by atoms with Crippen LogP contribution in [0.4, 0.5) is 0 Å². The van der Waals surface area contributed by atoms with E-state index < -0.39 is 6.10 Å². The Morgan fingerprint density at radius 1 is 1.56 bits per heavy atom. The fourth-order valence-corrected chi connectivity index (χ4v) is 1.21. The average molecular weight is 128 g/mol. The first-order chi connectivity index (χ1) is 4.30. The van der Waals surface area contributed by atoms with Gasteiger partial charge >= 0.3 is 0 Å². The summed E-state index contributed by atoms with van der Waals surface area (Å²) in [6, 6.07) is 0.249. The van der Waals surface area contributed by atoms with Crippen molar-refractivity contribution >= 4 is 0 Å². The predicted octanol–water partition coefficient (Wildman–Crippen LogP) is 0.323. The van der Waals surface area contributed by atoms with Gasteiger partial charge < -0.3 is 10.4 Å². The molecule has 0 saturated carbocycles. The molecule has 1 fully saturated rings. The van der Waals surface area contributed by atoms with Crippen LogP contribution in [0, 0.1) is 6.92 Å². The number of piperidine rings is 1. The smallest absolute Gasteiger partial charge is 0.0694 e. The maximum absolute atomic E-state index is 9.00. The molecule has 1 radical (unpaired) electrons. The van der Waals surface area contributed by atoms with Crippen molar-refractivity contribution in [3.8, 4) is 0 Å². The van der Waals surface area contributed by atoms with Gasteiger partial charge in [-0.05, 0) is 26.3 Å². The second-order valence-corrected chi connectivity index (χ2v) is 2.62. The standard InChI is InChI=1S/C7H14NO/c1-6(9)7-4-2-3-5-8-7/h6-9H,1-5H2. The lowest BCUT2D eigenvalue weighted by Gasteiger charge is -2.25. The summed E-state index contributed by atoms with van der Waals surface area (Å²) in [6.07, 6.45) is 3.11. The third-order valence-corrected chi connectivity index (χ3v) is 1.81. The molecule has 1 rings (SSSR count). The van der Waals surface area contributed by atoms with E-state index in [4.69, 9.17) is 5.11 Å². The maximum Gasteiger partial charge on any atom is 0.0694 e. The normalized spacial score (nSPS) is 32.0.